The highest BCUT2D eigenvalue weighted by atomic mass is 32.1. The molecule has 0 saturated carbocycles. The molecule has 0 amide bonds. The third-order valence-corrected chi connectivity index (χ3v) is 1.81. The van der Waals surface area contributed by atoms with Gasteiger partial charge in [-0.15, -0.1) is 0 Å². The van der Waals surface area contributed by atoms with Crippen molar-refractivity contribution in [2.24, 2.45) is 0 Å². The van der Waals surface area contributed by atoms with Gasteiger partial charge in [0.15, 0.2) is 16.7 Å². The Balaban J connectivity index is 2.70. The number of thiocarbonyl (C=S) groups is 1. The van der Waals surface area contributed by atoms with Crippen LogP contribution in [0.1, 0.15) is 6.92 Å². The summed E-state index contributed by atoms with van der Waals surface area (Å²) in [5.41, 5.74) is 0. The standard InChI is InChI=1S/C9H13N3OS/c1-3-10-9(14)12-8-7(13-2)5-4-6-11-8/h4-6H,3H2,1-2H3,(H2,10,11,12,14). The number of hydrogen-bond acceptors (Lipinski definition) is 3. The first-order valence-electron chi connectivity index (χ1n) is 4.31. The predicted molar refractivity (Wildman–Crippen MR) is 60.7 cm³/mol. The van der Waals surface area contributed by atoms with E-state index in [9.17, 15) is 0 Å². The number of ether oxygens (including phenoxy) is 1. The zero-order chi connectivity index (χ0) is 10.4. The molecule has 14 heavy (non-hydrogen) atoms. The fraction of sp³-hybridized carbons (Fsp3) is 0.333. The highest BCUT2D eigenvalue weighted by Gasteiger charge is 2.03. The number of hydrogen-bond donors (Lipinski definition) is 2. The van der Waals surface area contributed by atoms with Gasteiger partial charge in [-0.2, -0.15) is 0 Å². The molecule has 0 bridgehead atoms. The second kappa shape index (κ2) is 5.39. The molecule has 0 spiro atoms. The van der Waals surface area contributed by atoms with Crippen molar-refractivity contribution >= 4 is 23.1 Å². The zero-order valence-electron chi connectivity index (χ0n) is 8.20. The normalized spacial score (nSPS) is 9.29. The number of nitrogens with zero attached hydrogens (tertiary/aromatic N) is 1. The van der Waals surface area contributed by atoms with Crippen molar-refractivity contribution in [2.45, 2.75) is 6.92 Å². The summed E-state index contributed by atoms with van der Waals surface area (Å²) in [6, 6.07) is 3.63. The molecule has 0 saturated heterocycles. The number of aromatic nitrogens is 1. The third kappa shape index (κ3) is 2.85. The molecule has 0 aromatic carbocycles. The lowest BCUT2D eigenvalue weighted by Gasteiger charge is -2.10. The molecule has 0 atom stereocenters. The SMILES string of the molecule is CCNC(=S)Nc1ncccc1OC. The Morgan fingerprint density at radius 3 is 3.07 bits per heavy atom. The number of rotatable bonds is 3. The van der Waals surface area contributed by atoms with Crippen LogP contribution in [0.15, 0.2) is 18.3 Å². The number of anilines is 1. The van der Waals surface area contributed by atoms with Crippen LogP contribution in [-0.4, -0.2) is 23.8 Å². The smallest absolute Gasteiger partial charge is 0.174 e. The first kappa shape index (κ1) is 10.7. The maximum atomic E-state index is 5.11. The van der Waals surface area contributed by atoms with Crippen molar-refractivity contribution in [3.8, 4) is 5.75 Å². The van der Waals surface area contributed by atoms with Crippen LogP contribution in [0.4, 0.5) is 5.82 Å². The monoisotopic (exact) mass is 211 g/mol. The molecule has 76 valence electrons. The molecule has 1 aromatic heterocycles. The van der Waals surface area contributed by atoms with Gasteiger partial charge in [-0.05, 0) is 31.3 Å². The van der Waals surface area contributed by atoms with E-state index in [0.717, 1.165) is 6.54 Å². The zero-order valence-corrected chi connectivity index (χ0v) is 9.02. The lowest BCUT2D eigenvalue weighted by atomic mass is 10.4. The molecule has 0 aliphatic carbocycles. The van der Waals surface area contributed by atoms with E-state index in [1.54, 1.807) is 19.4 Å². The van der Waals surface area contributed by atoms with E-state index < -0.39 is 0 Å². The number of methoxy groups -OCH3 is 1. The summed E-state index contributed by atoms with van der Waals surface area (Å²) in [4.78, 5) is 4.11. The summed E-state index contributed by atoms with van der Waals surface area (Å²) in [7, 11) is 1.60. The molecule has 0 fully saturated rings. The van der Waals surface area contributed by atoms with E-state index in [1.165, 1.54) is 0 Å². The van der Waals surface area contributed by atoms with Crippen molar-refractivity contribution in [2.75, 3.05) is 19.0 Å². The van der Waals surface area contributed by atoms with Crippen molar-refractivity contribution in [3.05, 3.63) is 18.3 Å². The molecule has 0 unspecified atom stereocenters. The molecule has 2 N–H and O–H groups in total. The third-order valence-electron chi connectivity index (χ3n) is 1.56. The molecule has 1 rings (SSSR count). The molecule has 0 aliphatic rings. The van der Waals surface area contributed by atoms with Gasteiger partial charge in [0.25, 0.3) is 0 Å². The lowest BCUT2D eigenvalue weighted by Crippen LogP contribution is -2.28. The van der Waals surface area contributed by atoms with Crippen LogP contribution < -0.4 is 15.4 Å². The quantitative estimate of drug-likeness (QED) is 0.740. The van der Waals surface area contributed by atoms with Gasteiger partial charge in [0.1, 0.15) is 0 Å². The predicted octanol–water partition coefficient (Wildman–Crippen LogP) is 1.40. The minimum Gasteiger partial charge on any atom is -0.493 e. The van der Waals surface area contributed by atoms with Crippen LogP contribution in [0.25, 0.3) is 0 Å². The van der Waals surface area contributed by atoms with Crippen LogP contribution in [0.2, 0.25) is 0 Å². The second-order valence-electron chi connectivity index (χ2n) is 2.54. The van der Waals surface area contributed by atoms with E-state index in [4.69, 9.17) is 17.0 Å². The summed E-state index contributed by atoms with van der Waals surface area (Å²) in [5, 5.41) is 6.46. The summed E-state index contributed by atoms with van der Waals surface area (Å²) in [6.45, 7) is 2.75. The first-order chi connectivity index (χ1) is 6.77. The molecular formula is C9H13N3OS. The fourth-order valence-corrected chi connectivity index (χ4v) is 1.20. The Hall–Kier alpha value is -1.36. The first-order valence-corrected chi connectivity index (χ1v) is 4.72. The Kier molecular flexibility index (Phi) is 4.12. The average Bonchev–Trinajstić information content (AvgIpc) is 2.19. The Morgan fingerprint density at radius 2 is 2.43 bits per heavy atom. The van der Waals surface area contributed by atoms with Gasteiger partial charge in [0, 0.05) is 12.7 Å². The fourth-order valence-electron chi connectivity index (χ4n) is 0.961. The Labute approximate surface area is 88.7 Å². The summed E-state index contributed by atoms with van der Waals surface area (Å²) < 4.78 is 5.11. The Morgan fingerprint density at radius 1 is 1.64 bits per heavy atom. The van der Waals surface area contributed by atoms with Crippen molar-refractivity contribution < 1.29 is 4.74 Å². The van der Waals surface area contributed by atoms with Crippen molar-refractivity contribution in [1.29, 1.82) is 0 Å². The molecule has 0 radical (unpaired) electrons. The van der Waals surface area contributed by atoms with Gasteiger partial charge in [-0.25, -0.2) is 4.98 Å². The van der Waals surface area contributed by atoms with Crippen molar-refractivity contribution in [1.82, 2.24) is 10.3 Å². The largest absolute Gasteiger partial charge is 0.493 e. The summed E-state index contributed by atoms with van der Waals surface area (Å²) in [6.07, 6.45) is 1.68. The van der Waals surface area contributed by atoms with Gasteiger partial charge in [0.05, 0.1) is 7.11 Å². The van der Waals surface area contributed by atoms with Crippen LogP contribution in [0, 0.1) is 0 Å². The average molecular weight is 211 g/mol. The molecular weight excluding hydrogens is 198 g/mol. The minimum atomic E-state index is 0.546. The van der Waals surface area contributed by atoms with Gasteiger partial charge >= 0.3 is 0 Å². The minimum absolute atomic E-state index is 0.546. The summed E-state index contributed by atoms with van der Waals surface area (Å²) in [5.74, 6) is 1.30. The number of pyridine rings is 1. The van der Waals surface area contributed by atoms with E-state index in [-0.39, 0.29) is 0 Å². The van der Waals surface area contributed by atoms with E-state index in [2.05, 4.69) is 15.6 Å². The lowest BCUT2D eigenvalue weighted by molar-refractivity contribution is 0.415. The molecule has 0 aliphatic heterocycles. The number of nitrogens with one attached hydrogen (secondary N) is 2. The maximum Gasteiger partial charge on any atom is 0.174 e. The van der Waals surface area contributed by atoms with Gasteiger partial charge in [0.2, 0.25) is 0 Å². The van der Waals surface area contributed by atoms with E-state index in [0.29, 0.717) is 16.7 Å². The highest BCUT2D eigenvalue weighted by molar-refractivity contribution is 7.80. The topological polar surface area (TPSA) is 46.2 Å². The molecule has 1 heterocycles. The van der Waals surface area contributed by atoms with Gasteiger partial charge in [-0.3, -0.25) is 0 Å². The highest BCUT2D eigenvalue weighted by Crippen LogP contribution is 2.19. The molecule has 5 heteroatoms. The van der Waals surface area contributed by atoms with Crippen LogP contribution in [0.3, 0.4) is 0 Å². The van der Waals surface area contributed by atoms with E-state index in [1.807, 2.05) is 13.0 Å². The van der Waals surface area contributed by atoms with Crippen LogP contribution >= 0.6 is 12.2 Å². The van der Waals surface area contributed by atoms with Crippen LogP contribution in [-0.2, 0) is 0 Å². The second-order valence-corrected chi connectivity index (χ2v) is 2.95. The van der Waals surface area contributed by atoms with Crippen LogP contribution in [0.5, 0.6) is 5.75 Å². The van der Waals surface area contributed by atoms with Gasteiger partial charge in [-0.1, -0.05) is 0 Å². The molecule has 1 aromatic rings. The van der Waals surface area contributed by atoms with E-state index >= 15 is 0 Å². The van der Waals surface area contributed by atoms with Gasteiger partial charge < -0.3 is 15.4 Å². The molecule has 4 nitrogen and oxygen atoms in total. The Bertz CT molecular complexity index is 317. The summed E-state index contributed by atoms with van der Waals surface area (Å²) >= 11 is 5.02. The van der Waals surface area contributed by atoms with Crippen molar-refractivity contribution in [3.63, 3.8) is 0 Å². The maximum absolute atomic E-state index is 5.11.